The number of thiocarbonyl (C=S) groups is 1. The summed E-state index contributed by atoms with van der Waals surface area (Å²) in [6.07, 6.45) is 1.16. The molecule has 0 saturated carbocycles. The van der Waals surface area contributed by atoms with Gasteiger partial charge < -0.3 is 9.47 Å². The van der Waals surface area contributed by atoms with Crippen LogP contribution in [0.2, 0.25) is 0 Å². The SMILES string of the molecule is CC(=O)OCCN(CCOC(=O)CC(C)C)CC(=O)C1CCSC1=S. The van der Waals surface area contributed by atoms with E-state index in [0.717, 1.165) is 16.4 Å². The number of esters is 2. The Morgan fingerprint density at radius 1 is 1.24 bits per heavy atom. The molecule has 1 rings (SSSR count). The topological polar surface area (TPSA) is 72.9 Å². The van der Waals surface area contributed by atoms with Gasteiger partial charge in [-0.05, 0) is 18.1 Å². The first-order valence-electron chi connectivity index (χ1n) is 8.50. The first-order chi connectivity index (χ1) is 11.8. The Bertz CT molecular complexity index is 495. The predicted octanol–water partition coefficient (Wildman–Crippen LogP) is 2.09. The van der Waals surface area contributed by atoms with Crippen LogP contribution in [0, 0.1) is 11.8 Å². The molecular weight excluding hydrogens is 362 g/mol. The second kappa shape index (κ2) is 11.6. The molecule has 8 heteroatoms. The normalized spacial score (nSPS) is 17.2. The molecule has 0 amide bonds. The van der Waals surface area contributed by atoms with E-state index in [1.54, 1.807) is 11.8 Å². The van der Waals surface area contributed by atoms with Crippen LogP contribution in [0.3, 0.4) is 0 Å². The standard InChI is InChI=1S/C17H27NO5S2/c1-12(2)10-16(21)23-8-6-18(5-7-22-13(3)19)11-15(20)14-4-9-25-17(14)24/h12,14H,4-11H2,1-3H3. The molecule has 6 nitrogen and oxygen atoms in total. The number of carbonyl (C=O) groups is 3. The molecule has 142 valence electrons. The lowest BCUT2D eigenvalue weighted by Crippen LogP contribution is -2.38. The summed E-state index contributed by atoms with van der Waals surface area (Å²) in [7, 11) is 0. The number of ketones is 1. The highest BCUT2D eigenvalue weighted by Crippen LogP contribution is 2.28. The number of ether oxygens (including phenoxy) is 2. The van der Waals surface area contributed by atoms with Gasteiger partial charge in [0, 0.05) is 26.4 Å². The first-order valence-corrected chi connectivity index (χ1v) is 9.89. The van der Waals surface area contributed by atoms with Crippen molar-refractivity contribution in [3.05, 3.63) is 0 Å². The third-order valence-corrected chi connectivity index (χ3v) is 5.31. The van der Waals surface area contributed by atoms with Gasteiger partial charge in [-0.1, -0.05) is 26.1 Å². The minimum atomic E-state index is -0.358. The summed E-state index contributed by atoms with van der Waals surface area (Å²) >= 11 is 6.80. The number of hydrogen-bond acceptors (Lipinski definition) is 8. The number of rotatable bonds is 11. The van der Waals surface area contributed by atoms with Crippen LogP contribution in [0.1, 0.15) is 33.6 Å². The Morgan fingerprint density at radius 2 is 1.88 bits per heavy atom. The van der Waals surface area contributed by atoms with Gasteiger partial charge in [0.25, 0.3) is 0 Å². The van der Waals surface area contributed by atoms with Crippen molar-refractivity contribution in [2.45, 2.75) is 33.6 Å². The lowest BCUT2D eigenvalue weighted by atomic mass is 10.0. The molecule has 0 radical (unpaired) electrons. The average molecular weight is 390 g/mol. The quantitative estimate of drug-likeness (QED) is 0.393. The van der Waals surface area contributed by atoms with Gasteiger partial charge >= 0.3 is 11.9 Å². The van der Waals surface area contributed by atoms with Crippen molar-refractivity contribution in [2.24, 2.45) is 11.8 Å². The molecule has 1 fully saturated rings. The van der Waals surface area contributed by atoms with E-state index >= 15 is 0 Å². The molecule has 1 unspecified atom stereocenters. The molecule has 0 aromatic carbocycles. The van der Waals surface area contributed by atoms with Crippen molar-refractivity contribution in [3.63, 3.8) is 0 Å². The molecular formula is C17H27NO5S2. The molecule has 0 aliphatic carbocycles. The van der Waals surface area contributed by atoms with Gasteiger partial charge in [0.15, 0.2) is 5.78 Å². The summed E-state index contributed by atoms with van der Waals surface area (Å²) in [6, 6.07) is 0. The van der Waals surface area contributed by atoms with E-state index in [-0.39, 0.29) is 49.3 Å². The van der Waals surface area contributed by atoms with E-state index in [4.69, 9.17) is 21.7 Å². The molecule has 0 bridgehead atoms. The zero-order valence-corrected chi connectivity index (χ0v) is 16.7. The van der Waals surface area contributed by atoms with E-state index in [0.29, 0.717) is 19.5 Å². The predicted molar refractivity (Wildman–Crippen MR) is 102 cm³/mol. The van der Waals surface area contributed by atoms with Gasteiger partial charge in [-0.25, -0.2) is 0 Å². The largest absolute Gasteiger partial charge is 0.465 e. The molecule has 0 N–H and O–H groups in total. The van der Waals surface area contributed by atoms with Crippen LogP contribution in [-0.2, 0) is 23.9 Å². The Kier molecular flexibility index (Phi) is 10.2. The smallest absolute Gasteiger partial charge is 0.306 e. The van der Waals surface area contributed by atoms with Crippen molar-refractivity contribution < 1.29 is 23.9 Å². The molecule has 1 heterocycles. The number of carbonyl (C=O) groups excluding carboxylic acids is 3. The number of nitrogens with zero attached hydrogens (tertiary/aromatic N) is 1. The zero-order chi connectivity index (χ0) is 18.8. The second-order valence-electron chi connectivity index (χ2n) is 6.41. The van der Waals surface area contributed by atoms with E-state index in [1.165, 1.54) is 6.92 Å². The fourth-order valence-corrected chi connectivity index (χ4v) is 3.89. The lowest BCUT2D eigenvalue weighted by Gasteiger charge is -2.22. The Hall–Kier alpha value is -0.990. The van der Waals surface area contributed by atoms with Crippen molar-refractivity contribution in [3.8, 4) is 0 Å². The number of hydrogen-bond donors (Lipinski definition) is 0. The molecule has 0 aromatic rings. The van der Waals surface area contributed by atoms with E-state index in [9.17, 15) is 14.4 Å². The molecule has 0 aromatic heterocycles. The van der Waals surface area contributed by atoms with Gasteiger partial charge in [0.1, 0.15) is 13.2 Å². The third-order valence-electron chi connectivity index (χ3n) is 3.66. The van der Waals surface area contributed by atoms with Crippen LogP contribution >= 0.6 is 24.0 Å². The Labute approximate surface area is 159 Å². The van der Waals surface area contributed by atoms with Crippen molar-refractivity contribution >= 4 is 45.9 Å². The minimum Gasteiger partial charge on any atom is -0.465 e. The minimum absolute atomic E-state index is 0.0753. The summed E-state index contributed by atoms with van der Waals surface area (Å²) in [5.41, 5.74) is 0. The van der Waals surface area contributed by atoms with Gasteiger partial charge in [-0.3, -0.25) is 19.3 Å². The Morgan fingerprint density at radius 3 is 2.40 bits per heavy atom. The van der Waals surface area contributed by atoms with Crippen LogP contribution in [-0.4, -0.2) is 65.4 Å². The van der Waals surface area contributed by atoms with Gasteiger partial charge in [0.2, 0.25) is 0 Å². The van der Waals surface area contributed by atoms with Crippen LogP contribution in [0.25, 0.3) is 0 Å². The number of thioether (sulfide) groups is 1. The van der Waals surface area contributed by atoms with Crippen LogP contribution in [0.15, 0.2) is 0 Å². The van der Waals surface area contributed by atoms with E-state index < -0.39 is 0 Å². The first kappa shape index (κ1) is 22.1. The maximum absolute atomic E-state index is 12.4. The summed E-state index contributed by atoms with van der Waals surface area (Å²) in [6.45, 7) is 6.71. The molecule has 1 atom stereocenters. The van der Waals surface area contributed by atoms with Crippen LogP contribution < -0.4 is 0 Å². The third kappa shape index (κ3) is 9.32. The van der Waals surface area contributed by atoms with E-state index in [1.807, 2.05) is 18.7 Å². The summed E-state index contributed by atoms with van der Waals surface area (Å²) < 4.78 is 10.9. The highest BCUT2D eigenvalue weighted by molar-refractivity contribution is 8.23. The average Bonchev–Trinajstić information content (AvgIpc) is 2.92. The van der Waals surface area contributed by atoms with Crippen molar-refractivity contribution in [1.82, 2.24) is 4.90 Å². The summed E-state index contributed by atoms with van der Waals surface area (Å²) in [4.78, 5) is 36.8. The zero-order valence-electron chi connectivity index (χ0n) is 15.1. The fourth-order valence-electron chi connectivity index (χ4n) is 2.39. The fraction of sp³-hybridized carbons (Fsp3) is 0.765. The van der Waals surface area contributed by atoms with Gasteiger partial charge in [0.05, 0.1) is 16.7 Å². The second-order valence-corrected chi connectivity index (χ2v) is 8.24. The van der Waals surface area contributed by atoms with E-state index in [2.05, 4.69) is 0 Å². The molecule has 1 aliphatic heterocycles. The monoisotopic (exact) mass is 389 g/mol. The lowest BCUT2D eigenvalue weighted by molar-refractivity contribution is -0.144. The number of Topliss-reactive ketones (excluding diaryl/α,β-unsaturated/α-hetero) is 1. The molecule has 25 heavy (non-hydrogen) atoms. The van der Waals surface area contributed by atoms with Gasteiger partial charge in [-0.15, -0.1) is 11.8 Å². The highest BCUT2D eigenvalue weighted by Gasteiger charge is 2.29. The van der Waals surface area contributed by atoms with Crippen molar-refractivity contribution in [1.29, 1.82) is 0 Å². The van der Waals surface area contributed by atoms with Crippen LogP contribution in [0.5, 0.6) is 0 Å². The van der Waals surface area contributed by atoms with Crippen molar-refractivity contribution in [2.75, 3.05) is 38.6 Å². The maximum Gasteiger partial charge on any atom is 0.306 e. The summed E-state index contributed by atoms with van der Waals surface area (Å²) in [5.74, 6) is 0.425. The Balaban J connectivity index is 2.47. The van der Waals surface area contributed by atoms with Gasteiger partial charge in [-0.2, -0.15) is 0 Å². The highest BCUT2D eigenvalue weighted by atomic mass is 32.2. The molecule has 0 spiro atoms. The maximum atomic E-state index is 12.4. The van der Waals surface area contributed by atoms with Crippen LogP contribution in [0.4, 0.5) is 0 Å². The molecule has 1 saturated heterocycles. The summed E-state index contributed by atoms with van der Waals surface area (Å²) in [5, 5.41) is 0. The molecule has 1 aliphatic rings.